The zero-order valence-corrected chi connectivity index (χ0v) is 12.4. The van der Waals surface area contributed by atoms with E-state index in [1.807, 2.05) is 31.3 Å². The van der Waals surface area contributed by atoms with Gasteiger partial charge in [-0.15, -0.1) is 0 Å². The summed E-state index contributed by atoms with van der Waals surface area (Å²) in [5.41, 5.74) is 0.668. The topological polar surface area (TPSA) is 41.6 Å². The number of para-hydroxylation sites is 1. The molecule has 1 saturated heterocycles. The molecule has 0 unspecified atom stereocenters. The Morgan fingerprint density at radius 3 is 2.70 bits per heavy atom. The molecule has 0 aliphatic carbocycles. The van der Waals surface area contributed by atoms with Crippen LogP contribution in [0, 0.1) is 0 Å². The maximum absolute atomic E-state index is 11.5. The maximum Gasteiger partial charge on any atom is 0.163 e. The molecule has 0 amide bonds. The number of ketones is 1. The van der Waals surface area contributed by atoms with Crippen molar-refractivity contribution in [1.29, 1.82) is 0 Å². The van der Waals surface area contributed by atoms with Gasteiger partial charge in [0.2, 0.25) is 0 Å². The van der Waals surface area contributed by atoms with E-state index in [4.69, 9.17) is 4.74 Å². The molecular formula is C16H24N2O2. The number of Topliss-reactive ketones (excluding diaryl/α,β-unsaturated/α-hetero) is 1. The van der Waals surface area contributed by atoms with Crippen LogP contribution >= 0.6 is 0 Å². The van der Waals surface area contributed by atoms with Crippen LogP contribution in [0.15, 0.2) is 24.3 Å². The summed E-state index contributed by atoms with van der Waals surface area (Å²) in [6, 6.07) is 8.11. The van der Waals surface area contributed by atoms with Gasteiger partial charge in [0, 0.05) is 12.6 Å². The Balaban J connectivity index is 1.78. The fourth-order valence-corrected chi connectivity index (χ4v) is 2.61. The van der Waals surface area contributed by atoms with Crippen molar-refractivity contribution in [3.63, 3.8) is 0 Å². The van der Waals surface area contributed by atoms with Gasteiger partial charge in [-0.2, -0.15) is 0 Å². The third-order valence-electron chi connectivity index (χ3n) is 3.93. The van der Waals surface area contributed by atoms with Gasteiger partial charge in [0.15, 0.2) is 5.78 Å². The molecular weight excluding hydrogens is 252 g/mol. The van der Waals surface area contributed by atoms with E-state index in [0.717, 1.165) is 19.6 Å². The van der Waals surface area contributed by atoms with Crippen LogP contribution in [0.4, 0.5) is 0 Å². The largest absolute Gasteiger partial charge is 0.491 e. The molecule has 4 nitrogen and oxygen atoms in total. The molecule has 1 N–H and O–H groups in total. The molecule has 4 heteroatoms. The first-order chi connectivity index (χ1) is 9.70. The van der Waals surface area contributed by atoms with Gasteiger partial charge in [-0.05, 0) is 52.0 Å². The zero-order chi connectivity index (χ0) is 14.4. The van der Waals surface area contributed by atoms with E-state index >= 15 is 0 Å². The summed E-state index contributed by atoms with van der Waals surface area (Å²) < 4.78 is 5.78. The molecule has 0 aromatic heterocycles. The average molecular weight is 276 g/mol. The number of piperidine rings is 1. The van der Waals surface area contributed by atoms with Crippen LogP contribution < -0.4 is 10.1 Å². The van der Waals surface area contributed by atoms with Gasteiger partial charge in [0.05, 0.1) is 5.56 Å². The highest BCUT2D eigenvalue weighted by Gasteiger charge is 2.17. The van der Waals surface area contributed by atoms with Crippen LogP contribution in [0.25, 0.3) is 0 Å². The minimum absolute atomic E-state index is 0.0513. The molecule has 1 fully saturated rings. The van der Waals surface area contributed by atoms with Crippen LogP contribution in [-0.2, 0) is 0 Å². The number of nitrogens with one attached hydrogen (secondary N) is 1. The van der Waals surface area contributed by atoms with Gasteiger partial charge < -0.3 is 10.1 Å². The number of rotatable bonds is 6. The number of carbonyl (C=O) groups is 1. The molecule has 0 bridgehead atoms. The highest BCUT2D eigenvalue weighted by atomic mass is 16.5. The summed E-state index contributed by atoms with van der Waals surface area (Å²) in [6.07, 6.45) is 2.39. The highest BCUT2D eigenvalue weighted by molar-refractivity contribution is 5.96. The maximum atomic E-state index is 11.5. The fraction of sp³-hybridized carbons (Fsp3) is 0.562. The Kier molecular flexibility index (Phi) is 5.56. The third kappa shape index (κ3) is 4.05. The standard InChI is InChI=1S/C16H24N2O2/c1-13(19)15-5-3-4-6-16(15)20-12-11-18-9-7-14(17-2)8-10-18/h3-6,14,17H,7-12H2,1-2H3. The van der Waals surface area contributed by atoms with Gasteiger partial charge in [0.25, 0.3) is 0 Å². The second-order valence-electron chi connectivity index (χ2n) is 5.31. The van der Waals surface area contributed by atoms with Gasteiger partial charge in [-0.1, -0.05) is 12.1 Å². The number of hydrogen-bond donors (Lipinski definition) is 1. The van der Waals surface area contributed by atoms with Crippen molar-refractivity contribution in [3.8, 4) is 5.75 Å². The Labute approximate surface area is 121 Å². The van der Waals surface area contributed by atoms with Gasteiger partial charge in [-0.25, -0.2) is 0 Å². The van der Waals surface area contributed by atoms with Crippen molar-refractivity contribution in [2.75, 3.05) is 33.3 Å². The molecule has 20 heavy (non-hydrogen) atoms. The molecule has 0 atom stereocenters. The first-order valence-electron chi connectivity index (χ1n) is 7.33. The Morgan fingerprint density at radius 1 is 1.35 bits per heavy atom. The fourth-order valence-electron chi connectivity index (χ4n) is 2.61. The van der Waals surface area contributed by atoms with Crippen molar-refractivity contribution in [1.82, 2.24) is 10.2 Å². The van der Waals surface area contributed by atoms with Crippen LogP contribution in [0.5, 0.6) is 5.75 Å². The van der Waals surface area contributed by atoms with Gasteiger partial charge in [-0.3, -0.25) is 9.69 Å². The van der Waals surface area contributed by atoms with E-state index < -0.39 is 0 Å². The van der Waals surface area contributed by atoms with Gasteiger partial charge >= 0.3 is 0 Å². The lowest BCUT2D eigenvalue weighted by atomic mass is 10.1. The Morgan fingerprint density at radius 2 is 2.05 bits per heavy atom. The van der Waals surface area contributed by atoms with Crippen molar-refractivity contribution in [2.24, 2.45) is 0 Å². The number of carbonyl (C=O) groups excluding carboxylic acids is 1. The monoisotopic (exact) mass is 276 g/mol. The SMILES string of the molecule is CNC1CCN(CCOc2ccccc2C(C)=O)CC1. The number of likely N-dealkylation sites (tertiary alicyclic amines) is 1. The lowest BCUT2D eigenvalue weighted by molar-refractivity contribution is 0.101. The summed E-state index contributed by atoms with van der Waals surface area (Å²) in [5.74, 6) is 0.751. The molecule has 0 spiro atoms. The number of hydrogen-bond acceptors (Lipinski definition) is 4. The van der Waals surface area contributed by atoms with Crippen LogP contribution in [0.2, 0.25) is 0 Å². The van der Waals surface area contributed by atoms with E-state index in [2.05, 4.69) is 10.2 Å². The highest BCUT2D eigenvalue weighted by Crippen LogP contribution is 2.18. The molecule has 1 aliphatic heterocycles. The zero-order valence-electron chi connectivity index (χ0n) is 12.4. The van der Waals surface area contributed by atoms with E-state index in [0.29, 0.717) is 24.0 Å². The van der Waals surface area contributed by atoms with Crippen LogP contribution in [-0.4, -0.2) is 50.0 Å². The van der Waals surface area contributed by atoms with Crippen molar-refractivity contribution in [3.05, 3.63) is 29.8 Å². The molecule has 1 aromatic rings. The second-order valence-corrected chi connectivity index (χ2v) is 5.31. The first-order valence-corrected chi connectivity index (χ1v) is 7.33. The van der Waals surface area contributed by atoms with Gasteiger partial charge in [0.1, 0.15) is 12.4 Å². The predicted octanol–water partition coefficient (Wildman–Crippen LogP) is 1.95. The number of nitrogens with zero attached hydrogens (tertiary/aromatic N) is 1. The molecule has 0 radical (unpaired) electrons. The summed E-state index contributed by atoms with van der Waals surface area (Å²) >= 11 is 0. The Bertz CT molecular complexity index is 440. The Hall–Kier alpha value is -1.39. The predicted molar refractivity (Wildman–Crippen MR) is 80.5 cm³/mol. The van der Waals surface area contributed by atoms with Crippen LogP contribution in [0.1, 0.15) is 30.1 Å². The summed E-state index contributed by atoms with van der Waals surface area (Å²) in [4.78, 5) is 13.9. The van der Waals surface area contributed by atoms with E-state index in [1.165, 1.54) is 12.8 Å². The van der Waals surface area contributed by atoms with E-state index in [9.17, 15) is 4.79 Å². The van der Waals surface area contributed by atoms with Crippen molar-refractivity contribution in [2.45, 2.75) is 25.8 Å². The minimum Gasteiger partial charge on any atom is -0.491 e. The number of benzene rings is 1. The quantitative estimate of drug-likeness (QED) is 0.806. The second kappa shape index (κ2) is 7.41. The molecule has 1 aliphatic rings. The average Bonchev–Trinajstić information content (AvgIpc) is 2.48. The smallest absolute Gasteiger partial charge is 0.163 e. The number of ether oxygens (including phenoxy) is 1. The first kappa shape index (κ1) is 15.0. The van der Waals surface area contributed by atoms with E-state index in [-0.39, 0.29) is 5.78 Å². The van der Waals surface area contributed by atoms with E-state index in [1.54, 1.807) is 6.92 Å². The molecule has 1 heterocycles. The molecule has 0 saturated carbocycles. The minimum atomic E-state index is 0.0513. The molecule has 110 valence electrons. The summed E-state index contributed by atoms with van der Waals surface area (Å²) in [7, 11) is 2.03. The normalized spacial score (nSPS) is 17.1. The van der Waals surface area contributed by atoms with Crippen LogP contribution in [0.3, 0.4) is 0 Å². The van der Waals surface area contributed by atoms with Crippen molar-refractivity contribution >= 4 is 5.78 Å². The summed E-state index contributed by atoms with van der Waals surface area (Å²) in [5, 5.41) is 3.33. The lowest BCUT2D eigenvalue weighted by Gasteiger charge is -2.31. The lowest BCUT2D eigenvalue weighted by Crippen LogP contribution is -2.42. The molecule has 1 aromatic carbocycles. The van der Waals surface area contributed by atoms with Crippen molar-refractivity contribution < 1.29 is 9.53 Å². The summed E-state index contributed by atoms with van der Waals surface area (Å²) in [6.45, 7) is 5.36. The molecule has 2 rings (SSSR count). The third-order valence-corrected chi connectivity index (χ3v) is 3.93.